The van der Waals surface area contributed by atoms with Crippen molar-refractivity contribution in [1.29, 1.82) is 0 Å². The van der Waals surface area contributed by atoms with Crippen molar-refractivity contribution in [1.82, 2.24) is 4.98 Å². The Balaban J connectivity index is 1.61. The topological polar surface area (TPSA) is 38.1 Å². The monoisotopic (exact) mass is 286 g/mol. The molecule has 0 saturated carbocycles. The van der Waals surface area contributed by atoms with Gasteiger partial charge >= 0.3 is 0 Å². The minimum Gasteiger partial charge on any atom is -0.443 e. The molecule has 0 radical (unpaired) electrons. The summed E-state index contributed by atoms with van der Waals surface area (Å²) in [5, 5.41) is 3.38. The van der Waals surface area contributed by atoms with E-state index in [1.165, 1.54) is 6.39 Å². The van der Waals surface area contributed by atoms with Gasteiger partial charge in [-0.15, -0.1) is 0 Å². The predicted molar refractivity (Wildman–Crippen MR) is 89.2 cm³/mol. The van der Waals surface area contributed by atoms with Crippen LogP contribution in [0.5, 0.6) is 0 Å². The summed E-state index contributed by atoms with van der Waals surface area (Å²) in [5.41, 5.74) is 6.11. The molecule has 0 fully saturated rings. The number of hydrogen-bond acceptors (Lipinski definition) is 3. The van der Waals surface area contributed by atoms with Crippen molar-refractivity contribution in [2.75, 3.05) is 5.32 Å². The lowest BCUT2D eigenvalue weighted by atomic mass is 10.0. The number of para-hydroxylation sites is 1. The van der Waals surface area contributed by atoms with Crippen LogP contribution < -0.4 is 5.32 Å². The fourth-order valence-electron chi connectivity index (χ4n) is 2.47. The maximum Gasteiger partial charge on any atom is 0.181 e. The van der Waals surface area contributed by atoms with Crippen LogP contribution in [0.25, 0.3) is 22.2 Å². The first-order chi connectivity index (χ1) is 10.9. The zero-order valence-corrected chi connectivity index (χ0v) is 11.9. The van der Waals surface area contributed by atoms with Crippen LogP contribution in [0.15, 0.2) is 83.6 Å². The largest absolute Gasteiger partial charge is 0.443 e. The molecule has 1 aromatic heterocycles. The second kappa shape index (κ2) is 5.37. The molecule has 0 aliphatic carbocycles. The number of benzene rings is 3. The number of nitrogens with one attached hydrogen (secondary N) is 1. The summed E-state index contributed by atoms with van der Waals surface area (Å²) in [7, 11) is 0. The molecule has 4 rings (SSSR count). The van der Waals surface area contributed by atoms with Crippen LogP contribution in [0.1, 0.15) is 0 Å². The van der Waals surface area contributed by atoms with Gasteiger partial charge in [0.15, 0.2) is 12.0 Å². The first-order valence-corrected chi connectivity index (χ1v) is 7.14. The normalized spacial score (nSPS) is 10.7. The van der Waals surface area contributed by atoms with Crippen molar-refractivity contribution in [3.05, 3.63) is 79.2 Å². The van der Waals surface area contributed by atoms with Crippen LogP contribution in [0.2, 0.25) is 0 Å². The highest BCUT2D eigenvalue weighted by Crippen LogP contribution is 2.26. The molecule has 0 aliphatic heterocycles. The van der Waals surface area contributed by atoms with Gasteiger partial charge in [0.1, 0.15) is 5.52 Å². The van der Waals surface area contributed by atoms with Crippen molar-refractivity contribution < 1.29 is 4.42 Å². The Labute approximate surface area is 128 Å². The van der Waals surface area contributed by atoms with Crippen molar-refractivity contribution in [2.24, 2.45) is 0 Å². The molecule has 0 bridgehead atoms. The van der Waals surface area contributed by atoms with E-state index in [0.717, 1.165) is 33.6 Å². The summed E-state index contributed by atoms with van der Waals surface area (Å²) in [6.45, 7) is 0. The Morgan fingerprint density at radius 2 is 1.45 bits per heavy atom. The maximum atomic E-state index is 5.36. The first kappa shape index (κ1) is 12.7. The van der Waals surface area contributed by atoms with E-state index in [1.54, 1.807) is 0 Å². The number of oxazole rings is 1. The van der Waals surface area contributed by atoms with Gasteiger partial charge in [0.05, 0.1) is 0 Å². The van der Waals surface area contributed by atoms with Crippen LogP contribution in [0.3, 0.4) is 0 Å². The van der Waals surface area contributed by atoms with Gasteiger partial charge in [-0.1, -0.05) is 36.4 Å². The first-order valence-electron chi connectivity index (χ1n) is 7.14. The van der Waals surface area contributed by atoms with Gasteiger partial charge in [0.2, 0.25) is 0 Å². The van der Waals surface area contributed by atoms with Crippen LogP contribution in [0, 0.1) is 0 Å². The van der Waals surface area contributed by atoms with E-state index >= 15 is 0 Å². The third kappa shape index (κ3) is 2.44. The molecule has 1 N–H and O–H groups in total. The van der Waals surface area contributed by atoms with E-state index in [4.69, 9.17) is 4.42 Å². The fraction of sp³-hybridized carbons (Fsp3) is 0. The number of rotatable bonds is 3. The number of aromatic nitrogens is 1. The SMILES string of the molecule is c1ccc(Nc2ccc(-c3ccc4ncoc4c3)cc2)cc1. The predicted octanol–water partition coefficient (Wildman–Crippen LogP) is 5.24. The zero-order chi connectivity index (χ0) is 14.8. The minimum absolute atomic E-state index is 0.809. The summed E-state index contributed by atoms with van der Waals surface area (Å²) in [6, 6.07) is 24.5. The molecule has 0 amide bonds. The van der Waals surface area contributed by atoms with Crippen LogP contribution in [-0.2, 0) is 0 Å². The van der Waals surface area contributed by atoms with Gasteiger partial charge in [-0.3, -0.25) is 0 Å². The lowest BCUT2D eigenvalue weighted by Gasteiger charge is -2.07. The van der Waals surface area contributed by atoms with Gasteiger partial charge < -0.3 is 9.73 Å². The molecule has 0 atom stereocenters. The Morgan fingerprint density at radius 1 is 0.727 bits per heavy atom. The van der Waals surface area contributed by atoms with Crippen LogP contribution in [0.4, 0.5) is 11.4 Å². The number of fused-ring (bicyclic) bond motifs is 1. The molecule has 0 spiro atoms. The quantitative estimate of drug-likeness (QED) is 0.559. The van der Waals surface area contributed by atoms with Crippen LogP contribution >= 0.6 is 0 Å². The second-order valence-corrected chi connectivity index (χ2v) is 5.10. The van der Waals surface area contributed by atoms with Gasteiger partial charge in [0, 0.05) is 11.4 Å². The molecule has 3 nitrogen and oxygen atoms in total. The van der Waals surface area contributed by atoms with Crippen molar-refractivity contribution >= 4 is 22.5 Å². The van der Waals surface area contributed by atoms with E-state index in [1.807, 2.05) is 42.5 Å². The van der Waals surface area contributed by atoms with Crippen molar-refractivity contribution in [3.8, 4) is 11.1 Å². The molecular formula is C19H14N2O. The van der Waals surface area contributed by atoms with E-state index in [0.29, 0.717) is 0 Å². The highest BCUT2D eigenvalue weighted by Gasteiger charge is 2.03. The Morgan fingerprint density at radius 3 is 2.27 bits per heavy atom. The molecule has 0 aliphatic rings. The highest BCUT2D eigenvalue weighted by atomic mass is 16.3. The van der Waals surface area contributed by atoms with E-state index in [-0.39, 0.29) is 0 Å². The summed E-state index contributed by atoms with van der Waals surface area (Å²) in [5.74, 6) is 0. The lowest BCUT2D eigenvalue weighted by Crippen LogP contribution is -1.89. The lowest BCUT2D eigenvalue weighted by molar-refractivity contribution is 0.602. The molecule has 22 heavy (non-hydrogen) atoms. The van der Waals surface area contributed by atoms with Crippen LogP contribution in [-0.4, -0.2) is 4.98 Å². The average Bonchev–Trinajstić information content (AvgIpc) is 3.04. The summed E-state index contributed by atoms with van der Waals surface area (Å²) >= 11 is 0. The van der Waals surface area contributed by atoms with Gasteiger partial charge in [-0.25, -0.2) is 4.98 Å². The molecule has 1 heterocycles. The van der Waals surface area contributed by atoms with E-state index < -0.39 is 0 Å². The van der Waals surface area contributed by atoms with Gasteiger partial charge in [0.25, 0.3) is 0 Å². The molecule has 0 saturated heterocycles. The molecule has 0 unspecified atom stereocenters. The standard InChI is InChI=1S/C19H14N2O/c1-2-4-16(5-3-1)21-17-9-6-14(7-10-17)15-8-11-18-19(12-15)22-13-20-18/h1-13,21H. The summed E-state index contributed by atoms with van der Waals surface area (Å²) in [4.78, 5) is 4.14. The van der Waals surface area contributed by atoms with Gasteiger partial charge in [-0.05, 0) is 47.5 Å². The number of hydrogen-bond donors (Lipinski definition) is 1. The third-order valence-corrected chi connectivity index (χ3v) is 3.61. The number of anilines is 2. The van der Waals surface area contributed by atoms with Crippen molar-refractivity contribution in [2.45, 2.75) is 0 Å². The van der Waals surface area contributed by atoms with Gasteiger partial charge in [-0.2, -0.15) is 0 Å². The Hall–Kier alpha value is -3.07. The van der Waals surface area contributed by atoms with E-state index in [2.05, 4.69) is 40.6 Å². The maximum absolute atomic E-state index is 5.36. The minimum atomic E-state index is 0.809. The third-order valence-electron chi connectivity index (χ3n) is 3.61. The summed E-state index contributed by atoms with van der Waals surface area (Å²) < 4.78 is 5.36. The number of nitrogens with zero attached hydrogens (tertiary/aromatic N) is 1. The Bertz CT molecular complexity index is 896. The molecule has 3 aromatic carbocycles. The second-order valence-electron chi connectivity index (χ2n) is 5.10. The van der Waals surface area contributed by atoms with E-state index in [9.17, 15) is 0 Å². The van der Waals surface area contributed by atoms with Crippen molar-refractivity contribution in [3.63, 3.8) is 0 Å². The molecule has 4 aromatic rings. The Kier molecular flexibility index (Phi) is 3.09. The fourth-order valence-corrected chi connectivity index (χ4v) is 2.47. The zero-order valence-electron chi connectivity index (χ0n) is 11.9. The average molecular weight is 286 g/mol. The smallest absolute Gasteiger partial charge is 0.181 e. The summed E-state index contributed by atoms with van der Waals surface area (Å²) in [6.07, 6.45) is 1.47. The molecule has 106 valence electrons. The molecular weight excluding hydrogens is 272 g/mol. The molecule has 3 heteroatoms. The highest BCUT2D eigenvalue weighted by molar-refractivity contribution is 5.80.